The molecule has 1 aliphatic carbocycles. The first-order valence-electron chi connectivity index (χ1n) is 16.1. The van der Waals surface area contributed by atoms with Crippen LogP contribution in [0, 0.1) is 11.8 Å². The molecule has 0 amide bonds. The molecule has 0 saturated heterocycles. The van der Waals surface area contributed by atoms with Gasteiger partial charge in [-0.2, -0.15) is 0 Å². The highest BCUT2D eigenvalue weighted by Gasteiger charge is 2.68. The van der Waals surface area contributed by atoms with Crippen LogP contribution in [0.3, 0.4) is 0 Å². The summed E-state index contributed by atoms with van der Waals surface area (Å²) in [5, 5.41) is 4.96. The van der Waals surface area contributed by atoms with Gasteiger partial charge in [0.15, 0.2) is 5.84 Å². The highest BCUT2D eigenvalue weighted by molar-refractivity contribution is 6.29. The number of hydrogen-bond acceptors (Lipinski definition) is 2. The van der Waals surface area contributed by atoms with Crippen LogP contribution in [-0.2, 0) is 5.54 Å². The van der Waals surface area contributed by atoms with E-state index in [1.807, 2.05) is 0 Å². The molecule has 46 heavy (non-hydrogen) atoms. The molecular formula is C42H30N4. The first-order chi connectivity index (χ1) is 22.8. The van der Waals surface area contributed by atoms with Gasteiger partial charge in [-0.25, -0.2) is 4.99 Å². The summed E-state index contributed by atoms with van der Waals surface area (Å²) in [6, 6.07) is 54.2. The third-order valence-corrected chi connectivity index (χ3v) is 10.3. The van der Waals surface area contributed by atoms with Crippen LogP contribution in [0.5, 0.6) is 0 Å². The Morgan fingerprint density at radius 2 is 1.15 bits per heavy atom. The van der Waals surface area contributed by atoms with E-state index in [4.69, 9.17) is 9.98 Å². The lowest BCUT2D eigenvalue weighted by atomic mass is 9.99. The minimum Gasteiger partial charge on any atom is -0.309 e. The molecule has 1 fully saturated rings. The van der Waals surface area contributed by atoms with Crippen molar-refractivity contribution in [2.45, 2.75) is 12.5 Å². The molecule has 1 saturated carbocycles. The van der Waals surface area contributed by atoms with Crippen LogP contribution >= 0.6 is 0 Å². The average Bonchev–Trinajstić information content (AvgIpc) is 3.41. The van der Waals surface area contributed by atoms with Crippen molar-refractivity contribution in [3.05, 3.63) is 163 Å². The van der Waals surface area contributed by atoms with Gasteiger partial charge >= 0.3 is 0 Å². The van der Waals surface area contributed by atoms with Gasteiger partial charge in [0.25, 0.3) is 0 Å². The Morgan fingerprint density at radius 3 is 1.89 bits per heavy atom. The van der Waals surface area contributed by atoms with Crippen molar-refractivity contribution in [2.24, 2.45) is 21.8 Å². The van der Waals surface area contributed by atoms with Crippen molar-refractivity contribution in [3.8, 4) is 5.69 Å². The molecular weight excluding hydrogens is 560 g/mol. The van der Waals surface area contributed by atoms with Crippen LogP contribution in [0.4, 0.5) is 0 Å². The van der Waals surface area contributed by atoms with Gasteiger partial charge in [-0.1, -0.05) is 128 Å². The van der Waals surface area contributed by atoms with Gasteiger partial charge < -0.3 is 4.57 Å². The lowest BCUT2D eigenvalue weighted by Gasteiger charge is -2.22. The van der Waals surface area contributed by atoms with E-state index in [0.29, 0.717) is 0 Å². The van der Waals surface area contributed by atoms with Gasteiger partial charge in [0.1, 0.15) is 11.4 Å². The molecule has 2 aliphatic rings. The van der Waals surface area contributed by atoms with Crippen molar-refractivity contribution in [2.75, 3.05) is 0 Å². The zero-order valence-corrected chi connectivity index (χ0v) is 25.4. The van der Waals surface area contributed by atoms with Crippen LogP contribution in [0.25, 0.3) is 49.3 Å². The summed E-state index contributed by atoms with van der Waals surface area (Å²) in [6.07, 6.45) is 0. The monoisotopic (exact) mass is 590 g/mol. The molecule has 3 heterocycles. The number of nitrogens with zero attached hydrogens (tertiary/aromatic N) is 4. The molecule has 2 aromatic heterocycles. The van der Waals surface area contributed by atoms with E-state index >= 15 is 0 Å². The standard InChI is InChI=1S/C42H30N4/c1-27-38-41(43-40(28-15-5-2-6-16-28)44-42(27,38)29-17-7-3-8-18-29)46-34-23-13-11-21-31(34)32-25-26-36-37(39(32)46)33-22-12-14-24-35(33)45(36)30-19-9-4-10-20-30/h2-27,38H,1H3/t27?,38?,42-/m1/s1. The fourth-order valence-electron chi connectivity index (χ4n) is 8.23. The molecule has 4 nitrogen and oxygen atoms in total. The fourth-order valence-corrected chi connectivity index (χ4v) is 8.23. The smallest absolute Gasteiger partial charge is 0.157 e. The predicted octanol–water partition coefficient (Wildman–Crippen LogP) is 9.76. The number of para-hydroxylation sites is 3. The van der Waals surface area contributed by atoms with E-state index in [2.05, 4.69) is 168 Å². The molecule has 10 rings (SSSR count). The largest absolute Gasteiger partial charge is 0.309 e. The van der Waals surface area contributed by atoms with Crippen molar-refractivity contribution in [1.29, 1.82) is 0 Å². The Hall–Kier alpha value is -5.74. The maximum absolute atomic E-state index is 5.51. The second-order valence-electron chi connectivity index (χ2n) is 12.6. The quantitative estimate of drug-likeness (QED) is 0.196. The van der Waals surface area contributed by atoms with Gasteiger partial charge in [-0.05, 0) is 41.8 Å². The van der Waals surface area contributed by atoms with E-state index in [1.54, 1.807) is 0 Å². The minimum absolute atomic E-state index is 0.138. The van der Waals surface area contributed by atoms with Crippen molar-refractivity contribution in [1.82, 2.24) is 9.13 Å². The number of aliphatic imine (C=N–C) groups is 2. The molecule has 3 atom stereocenters. The van der Waals surface area contributed by atoms with Crippen LogP contribution in [0.2, 0.25) is 0 Å². The maximum atomic E-state index is 5.51. The average molecular weight is 591 g/mol. The van der Waals surface area contributed by atoms with Gasteiger partial charge in [0.05, 0.1) is 28.0 Å². The van der Waals surface area contributed by atoms with Crippen LogP contribution < -0.4 is 0 Å². The second kappa shape index (κ2) is 9.38. The number of amidine groups is 1. The zero-order chi connectivity index (χ0) is 30.4. The van der Waals surface area contributed by atoms with Gasteiger partial charge in [0.2, 0.25) is 0 Å². The minimum atomic E-state index is -0.368. The highest BCUT2D eigenvalue weighted by atomic mass is 15.2. The molecule has 6 aromatic carbocycles. The molecule has 2 unspecified atom stereocenters. The Balaban J connectivity index is 1.35. The topological polar surface area (TPSA) is 34.6 Å². The summed E-state index contributed by atoms with van der Waals surface area (Å²) < 4.78 is 4.89. The summed E-state index contributed by atoms with van der Waals surface area (Å²) in [5.74, 6) is 2.29. The van der Waals surface area contributed by atoms with Gasteiger partial charge in [-0.3, -0.25) is 9.56 Å². The summed E-state index contributed by atoms with van der Waals surface area (Å²) >= 11 is 0. The molecule has 0 N–H and O–H groups in total. The normalized spacial score (nSPS) is 20.6. The third-order valence-electron chi connectivity index (χ3n) is 10.3. The summed E-state index contributed by atoms with van der Waals surface area (Å²) in [6.45, 7) is 2.34. The maximum Gasteiger partial charge on any atom is 0.157 e. The molecule has 0 radical (unpaired) electrons. The summed E-state index contributed by atoms with van der Waals surface area (Å²) in [7, 11) is 0. The zero-order valence-electron chi connectivity index (χ0n) is 25.4. The highest BCUT2D eigenvalue weighted by Crippen LogP contribution is 2.63. The number of aromatic nitrogens is 2. The van der Waals surface area contributed by atoms with E-state index in [0.717, 1.165) is 22.9 Å². The van der Waals surface area contributed by atoms with Gasteiger partial charge in [-0.15, -0.1) is 0 Å². The van der Waals surface area contributed by atoms with E-state index in [-0.39, 0.29) is 17.4 Å². The number of hydrogen-bond donors (Lipinski definition) is 0. The second-order valence-corrected chi connectivity index (χ2v) is 12.6. The Bertz CT molecular complexity index is 2540. The number of benzene rings is 6. The first-order valence-corrected chi connectivity index (χ1v) is 16.1. The summed E-state index contributed by atoms with van der Waals surface area (Å²) in [5.41, 5.74) is 7.85. The first kappa shape index (κ1) is 25.6. The fraction of sp³-hybridized carbons (Fsp3) is 0.0952. The lowest BCUT2D eigenvalue weighted by molar-refractivity contribution is 0.653. The summed E-state index contributed by atoms with van der Waals surface area (Å²) in [4.78, 5) is 11.0. The van der Waals surface area contributed by atoms with E-state index in [9.17, 15) is 0 Å². The van der Waals surface area contributed by atoms with E-state index in [1.165, 1.54) is 49.2 Å². The Labute approximate surface area is 266 Å². The third kappa shape index (κ3) is 3.33. The predicted molar refractivity (Wildman–Crippen MR) is 190 cm³/mol. The lowest BCUT2D eigenvalue weighted by Crippen LogP contribution is -2.27. The SMILES string of the molecule is CC1C2C(n3c4ccccc4c4ccc5c(c6ccccc6n5-c5ccccc5)c43)=NC(c3ccccc3)=N[C@@]12c1ccccc1. The molecule has 0 bridgehead atoms. The van der Waals surface area contributed by atoms with Gasteiger partial charge in [0, 0.05) is 32.8 Å². The van der Waals surface area contributed by atoms with Crippen LogP contribution in [0.15, 0.2) is 162 Å². The molecule has 1 aliphatic heterocycles. The van der Waals surface area contributed by atoms with Crippen LogP contribution in [0.1, 0.15) is 18.1 Å². The van der Waals surface area contributed by atoms with Crippen molar-refractivity contribution >= 4 is 55.3 Å². The van der Waals surface area contributed by atoms with Crippen molar-refractivity contribution < 1.29 is 0 Å². The van der Waals surface area contributed by atoms with Crippen LogP contribution in [-0.4, -0.2) is 20.8 Å². The molecule has 0 spiro atoms. The molecule has 218 valence electrons. The van der Waals surface area contributed by atoms with Crippen molar-refractivity contribution in [3.63, 3.8) is 0 Å². The Morgan fingerprint density at radius 1 is 0.543 bits per heavy atom. The number of fused-ring (bicyclic) bond motifs is 8. The number of rotatable bonds is 3. The molecule has 8 aromatic rings. The Kier molecular flexibility index (Phi) is 5.22. The van der Waals surface area contributed by atoms with E-state index < -0.39 is 0 Å². The molecule has 4 heteroatoms.